The third-order valence-corrected chi connectivity index (χ3v) is 0.723. The maximum absolute atomic E-state index is 9.63. The monoisotopic (exact) mass is 214 g/mol. The third kappa shape index (κ3) is 9.98. The maximum atomic E-state index is 9.63. The van der Waals surface area contributed by atoms with Crippen LogP contribution in [0, 0.1) is 0 Å². The Balaban J connectivity index is 0. The van der Waals surface area contributed by atoms with Crippen LogP contribution in [0.2, 0.25) is 0 Å². The van der Waals surface area contributed by atoms with Gasteiger partial charge in [0.05, 0.1) is 0 Å². The molecule has 0 rings (SSSR count). The van der Waals surface area contributed by atoms with Crippen LogP contribution in [0.25, 0.3) is 0 Å². The van der Waals surface area contributed by atoms with Gasteiger partial charge in [0.1, 0.15) is 6.61 Å². The summed E-state index contributed by atoms with van der Waals surface area (Å²) in [5, 5.41) is 0. The van der Waals surface area contributed by atoms with E-state index in [2.05, 4.69) is 4.52 Å². The van der Waals surface area contributed by atoms with E-state index >= 15 is 0 Å². The van der Waals surface area contributed by atoms with Gasteiger partial charge in [0.25, 0.3) is 0 Å². The molecule has 0 heterocycles. The van der Waals surface area contributed by atoms with Crippen LogP contribution in [-0.2, 0) is 35.3 Å². The normalized spacial score (nSPS) is 10.0. The molecule has 46 valence electrons. The molecule has 3 N–H and O–H groups in total. The molecule has 1 atom stereocenters. The largest absolute Gasteiger partial charge is 0.694 e. The first-order valence-corrected chi connectivity index (χ1v) is 2.89. The van der Waals surface area contributed by atoms with E-state index in [9.17, 15) is 4.57 Å². The molecule has 0 aromatic heterocycles. The van der Waals surface area contributed by atoms with Crippen molar-refractivity contribution in [1.82, 2.24) is 0 Å². The molecule has 0 aliphatic rings. The summed E-state index contributed by atoms with van der Waals surface area (Å²) in [5.74, 6) is 0. The van der Waals surface area contributed by atoms with Gasteiger partial charge in [-0.15, -0.1) is 9.42 Å². The van der Waals surface area contributed by atoms with E-state index in [4.69, 9.17) is 10.6 Å². The van der Waals surface area contributed by atoms with Gasteiger partial charge in [0.15, 0.2) is 0 Å². The van der Waals surface area contributed by atoms with Crippen molar-refractivity contribution >= 4 is 8.25 Å². The molecule has 0 saturated heterocycles. The van der Waals surface area contributed by atoms with Crippen molar-refractivity contribution in [3.63, 3.8) is 0 Å². The smallest absolute Gasteiger partial charge is 0.328 e. The van der Waals surface area contributed by atoms with Crippen molar-refractivity contribution in [2.24, 2.45) is 5.73 Å². The first-order valence-electron chi connectivity index (χ1n) is 1.76. The van der Waals surface area contributed by atoms with E-state index in [0.717, 1.165) is 0 Å². The van der Waals surface area contributed by atoms with Crippen LogP contribution in [-0.4, -0.2) is 18.0 Å². The van der Waals surface area contributed by atoms with E-state index in [1.54, 1.807) is 0 Å². The first kappa shape index (κ1) is 11.6. The quantitative estimate of drug-likeness (QED) is 0.629. The maximum Gasteiger partial charge on any atom is 0.694 e. The Bertz CT molecular complexity index is 70.3. The van der Waals surface area contributed by atoms with E-state index in [-0.39, 0.29) is 39.4 Å². The molecule has 4 nitrogen and oxygen atoms in total. The van der Waals surface area contributed by atoms with Crippen molar-refractivity contribution in [3.05, 3.63) is 0 Å². The van der Waals surface area contributed by atoms with Crippen LogP contribution in [0.3, 0.4) is 0 Å². The molecule has 0 radical (unpaired) electrons. The fourth-order valence-electron chi connectivity index (χ4n) is 0.131. The zero-order valence-corrected chi connectivity index (χ0v) is 7.55. The summed E-state index contributed by atoms with van der Waals surface area (Å²) >= 11 is 0. The number of hydrogen-bond donors (Lipinski definition) is 2. The second-order valence-corrected chi connectivity index (χ2v) is 1.59. The van der Waals surface area contributed by atoms with E-state index in [1.807, 2.05) is 0 Å². The van der Waals surface area contributed by atoms with Crippen LogP contribution in [0.5, 0.6) is 0 Å². The van der Waals surface area contributed by atoms with Gasteiger partial charge in [-0.25, -0.2) is 0 Å². The van der Waals surface area contributed by atoms with Crippen molar-refractivity contribution < 1.29 is 40.2 Å². The van der Waals surface area contributed by atoms with Crippen LogP contribution in [0.4, 0.5) is 0 Å². The molecule has 0 fully saturated rings. The molecule has 0 amide bonds. The van der Waals surface area contributed by atoms with Gasteiger partial charge in [-0.1, -0.05) is 0 Å². The molecule has 0 saturated carbocycles. The summed E-state index contributed by atoms with van der Waals surface area (Å²) in [7, 11) is -2.44. The second-order valence-electron chi connectivity index (χ2n) is 0.860. The summed E-state index contributed by atoms with van der Waals surface area (Å²) in [6.45, 7) is 0.424. The standard InChI is InChI=1S/C2H6NO3P.Zr/c3-1-2-6-7(4)5;/h1-3H2;/p+1. The van der Waals surface area contributed by atoms with Crippen LogP contribution >= 0.6 is 8.25 Å². The van der Waals surface area contributed by atoms with Crippen LogP contribution in [0.15, 0.2) is 0 Å². The molecule has 0 spiro atoms. The van der Waals surface area contributed by atoms with Gasteiger partial charge in [-0.3, -0.25) is 0 Å². The Kier molecular flexibility index (Phi) is 11.4. The zero-order valence-electron chi connectivity index (χ0n) is 4.20. The minimum atomic E-state index is -2.44. The predicted octanol–water partition coefficient (Wildman–Crippen LogP) is -0.391. The van der Waals surface area contributed by atoms with Crippen molar-refractivity contribution in [3.8, 4) is 0 Å². The summed E-state index contributed by atoms with van der Waals surface area (Å²) in [4.78, 5) is 7.91. The molecular weight excluding hydrogens is 208 g/mol. The minimum Gasteiger partial charge on any atom is -0.328 e. The van der Waals surface area contributed by atoms with Crippen molar-refractivity contribution in [2.45, 2.75) is 0 Å². The molecule has 0 aromatic rings. The number of hydrogen-bond acceptors (Lipinski definition) is 3. The molecular formula is C2H7NO3PZr+. The SMILES string of the molecule is NCCO[P+](=O)O.[Zr]. The van der Waals surface area contributed by atoms with Gasteiger partial charge in [-0.05, 0) is 0 Å². The number of nitrogens with two attached hydrogens (primary N) is 1. The van der Waals surface area contributed by atoms with E-state index < -0.39 is 8.25 Å². The molecule has 8 heavy (non-hydrogen) atoms. The molecule has 0 bridgehead atoms. The molecule has 6 heteroatoms. The summed E-state index contributed by atoms with van der Waals surface area (Å²) in [6, 6.07) is 0. The summed E-state index contributed by atoms with van der Waals surface area (Å²) in [6.07, 6.45) is 0. The Morgan fingerprint density at radius 2 is 2.25 bits per heavy atom. The number of rotatable bonds is 3. The van der Waals surface area contributed by atoms with E-state index in [1.165, 1.54) is 0 Å². The fourth-order valence-corrected chi connectivity index (χ4v) is 0.392. The molecule has 0 aliphatic heterocycles. The summed E-state index contributed by atoms with van der Waals surface area (Å²) < 4.78 is 13.8. The molecule has 0 aromatic carbocycles. The third-order valence-electron chi connectivity index (χ3n) is 0.320. The van der Waals surface area contributed by atoms with Gasteiger partial charge in [0.2, 0.25) is 0 Å². The Morgan fingerprint density at radius 3 is 2.38 bits per heavy atom. The van der Waals surface area contributed by atoms with Gasteiger partial charge in [-0.2, -0.15) is 0 Å². The van der Waals surface area contributed by atoms with Crippen molar-refractivity contribution in [1.29, 1.82) is 0 Å². The molecule has 0 aliphatic carbocycles. The van der Waals surface area contributed by atoms with Gasteiger partial charge >= 0.3 is 8.25 Å². The Morgan fingerprint density at radius 1 is 1.75 bits per heavy atom. The minimum absolute atomic E-state index is 0. The average Bonchev–Trinajstić information content (AvgIpc) is 1.61. The van der Waals surface area contributed by atoms with Gasteiger partial charge in [0, 0.05) is 37.3 Å². The summed E-state index contributed by atoms with van der Waals surface area (Å²) in [5.41, 5.74) is 4.91. The van der Waals surface area contributed by atoms with Crippen LogP contribution < -0.4 is 5.73 Å². The first-order chi connectivity index (χ1) is 3.27. The second kappa shape index (κ2) is 7.86. The Labute approximate surface area is 67.5 Å². The zero-order chi connectivity index (χ0) is 5.70. The Hall–Kier alpha value is 0.863. The fraction of sp³-hybridized carbons (Fsp3) is 1.00. The van der Waals surface area contributed by atoms with E-state index in [0.29, 0.717) is 0 Å². The predicted molar refractivity (Wildman–Crippen MR) is 24.8 cm³/mol. The van der Waals surface area contributed by atoms with Crippen molar-refractivity contribution in [2.75, 3.05) is 13.2 Å². The van der Waals surface area contributed by atoms with Crippen LogP contribution in [0.1, 0.15) is 0 Å². The van der Waals surface area contributed by atoms with Gasteiger partial charge < -0.3 is 5.73 Å². The average molecular weight is 215 g/mol. The topological polar surface area (TPSA) is 72.5 Å². The molecule has 1 unspecified atom stereocenters.